The quantitative estimate of drug-likeness (QED) is 0.865. The molecule has 0 radical (unpaired) electrons. The molecule has 0 aliphatic heterocycles. The highest BCUT2D eigenvalue weighted by Gasteiger charge is 2.18. The Morgan fingerprint density at radius 3 is 2.65 bits per heavy atom. The fourth-order valence-corrected chi connectivity index (χ4v) is 2.76. The second kappa shape index (κ2) is 5.71. The van der Waals surface area contributed by atoms with E-state index in [1.54, 1.807) is 6.07 Å². The van der Waals surface area contributed by atoms with Gasteiger partial charge in [-0.25, -0.2) is 0 Å². The minimum atomic E-state index is -0.147. The van der Waals surface area contributed by atoms with Gasteiger partial charge in [-0.1, -0.05) is 36.7 Å². The highest BCUT2D eigenvalue weighted by molar-refractivity contribution is 9.09. The molecule has 1 aromatic heterocycles. The van der Waals surface area contributed by atoms with Crippen LogP contribution >= 0.6 is 15.9 Å². The Labute approximate surface area is 111 Å². The molecule has 1 atom stereocenters. The lowest BCUT2D eigenvalue weighted by Gasteiger charge is -2.22. The van der Waals surface area contributed by atoms with Crippen molar-refractivity contribution in [3.8, 4) is 0 Å². The van der Waals surface area contributed by atoms with Crippen molar-refractivity contribution in [2.75, 3.05) is 6.54 Å². The third-order valence-electron chi connectivity index (χ3n) is 2.39. The summed E-state index contributed by atoms with van der Waals surface area (Å²) >= 11 is 3.58. The van der Waals surface area contributed by atoms with Gasteiger partial charge in [0.25, 0.3) is 5.91 Å². The highest BCUT2D eigenvalue weighted by atomic mass is 79.9. The fourth-order valence-electron chi connectivity index (χ4n) is 1.63. The van der Waals surface area contributed by atoms with Gasteiger partial charge in [-0.2, -0.15) is 0 Å². The van der Waals surface area contributed by atoms with E-state index in [4.69, 9.17) is 4.42 Å². The molecule has 0 saturated heterocycles. The van der Waals surface area contributed by atoms with Crippen molar-refractivity contribution in [3.63, 3.8) is 0 Å². The number of furan rings is 1. The molecule has 0 fully saturated rings. The van der Waals surface area contributed by atoms with E-state index in [1.807, 2.05) is 6.92 Å². The number of aryl methyl sites for hydroxylation is 1. The van der Waals surface area contributed by atoms with E-state index in [2.05, 4.69) is 42.0 Å². The zero-order chi connectivity index (χ0) is 13.1. The van der Waals surface area contributed by atoms with E-state index >= 15 is 0 Å². The smallest absolute Gasteiger partial charge is 0.287 e. The molecule has 1 aromatic rings. The first kappa shape index (κ1) is 14.3. The highest BCUT2D eigenvalue weighted by Crippen LogP contribution is 2.24. The maximum Gasteiger partial charge on any atom is 0.287 e. The normalized spacial score (nSPS) is 13.5. The van der Waals surface area contributed by atoms with Crippen molar-refractivity contribution < 1.29 is 9.21 Å². The maximum absolute atomic E-state index is 11.8. The van der Waals surface area contributed by atoms with Crippen LogP contribution in [-0.4, -0.2) is 17.3 Å². The average molecular weight is 302 g/mol. The molecule has 0 aliphatic carbocycles. The molecule has 0 bridgehead atoms. The Morgan fingerprint density at radius 1 is 1.53 bits per heavy atom. The van der Waals surface area contributed by atoms with Gasteiger partial charge in [0, 0.05) is 16.9 Å². The van der Waals surface area contributed by atoms with Gasteiger partial charge in [0.1, 0.15) is 0 Å². The van der Waals surface area contributed by atoms with E-state index in [0.29, 0.717) is 12.3 Å². The van der Waals surface area contributed by atoms with Crippen LogP contribution in [0, 0.1) is 12.3 Å². The van der Waals surface area contributed by atoms with Crippen LogP contribution in [0.4, 0.5) is 0 Å². The lowest BCUT2D eigenvalue weighted by atomic mass is 9.90. The Balaban J connectivity index is 2.42. The number of carbonyl (C=O) groups is 1. The Morgan fingerprint density at radius 2 is 2.18 bits per heavy atom. The van der Waals surface area contributed by atoms with E-state index in [0.717, 1.165) is 12.0 Å². The van der Waals surface area contributed by atoms with Crippen molar-refractivity contribution in [1.29, 1.82) is 0 Å². The van der Waals surface area contributed by atoms with Crippen LogP contribution in [0.25, 0.3) is 0 Å². The summed E-state index contributed by atoms with van der Waals surface area (Å²) in [6.45, 7) is 9.01. The first-order valence-corrected chi connectivity index (χ1v) is 6.67. The van der Waals surface area contributed by atoms with Gasteiger partial charge in [-0.15, -0.1) is 0 Å². The van der Waals surface area contributed by atoms with Gasteiger partial charge in [0.2, 0.25) is 0 Å². The monoisotopic (exact) mass is 301 g/mol. The van der Waals surface area contributed by atoms with E-state index in [1.165, 1.54) is 6.26 Å². The van der Waals surface area contributed by atoms with Crippen molar-refractivity contribution in [2.24, 2.45) is 5.41 Å². The molecule has 1 amide bonds. The summed E-state index contributed by atoms with van der Waals surface area (Å²) in [6, 6.07) is 1.79. The zero-order valence-corrected chi connectivity index (χ0v) is 12.4. The summed E-state index contributed by atoms with van der Waals surface area (Å²) < 4.78 is 5.13. The van der Waals surface area contributed by atoms with Crippen LogP contribution in [0.2, 0.25) is 0 Å². The molecule has 4 heteroatoms. The third-order valence-corrected chi connectivity index (χ3v) is 3.03. The predicted octanol–water partition coefficient (Wildman–Crippen LogP) is 3.52. The Bertz CT molecular complexity index is 379. The number of carbonyl (C=O) groups excluding carboxylic acids is 1. The molecule has 17 heavy (non-hydrogen) atoms. The second-order valence-corrected chi connectivity index (χ2v) is 6.80. The largest absolute Gasteiger partial charge is 0.459 e. The van der Waals surface area contributed by atoms with E-state index in [9.17, 15) is 4.79 Å². The van der Waals surface area contributed by atoms with Crippen molar-refractivity contribution >= 4 is 21.8 Å². The minimum Gasteiger partial charge on any atom is -0.459 e. The van der Waals surface area contributed by atoms with Gasteiger partial charge >= 0.3 is 0 Å². The van der Waals surface area contributed by atoms with Crippen LogP contribution in [0.3, 0.4) is 0 Å². The van der Waals surface area contributed by atoms with Gasteiger partial charge < -0.3 is 9.73 Å². The molecular formula is C13H20BrNO2. The molecule has 96 valence electrons. The lowest BCUT2D eigenvalue weighted by Crippen LogP contribution is -2.31. The van der Waals surface area contributed by atoms with Crippen LogP contribution in [0.1, 0.15) is 43.3 Å². The van der Waals surface area contributed by atoms with Gasteiger partial charge in [-0.05, 0) is 24.8 Å². The fraction of sp³-hybridized carbons (Fsp3) is 0.615. The standard InChI is InChI=1S/C13H20BrNO2/c1-9-5-6-17-11(9)12(16)15-8-10(14)7-13(2,3)4/h5-6,10H,7-8H2,1-4H3,(H,15,16). The first-order chi connectivity index (χ1) is 7.79. The average Bonchev–Trinajstić information content (AvgIpc) is 2.58. The topological polar surface area (TPSA) is 42.2 Å². The number of hydrogen-bond donors (Lipinski definition) is 1. The molecule has 1 unspecified atom stereocenters. The molecular weight excluding hydrogens is 282 g/mol. The number of rotatable bonds is 4. The summed E-state index contributed by atoms with van der Waals surface area (Å²) in [5.74, 6) is 0.256. The summed E-state index contributed by atoms with van der Waals surface area (Å²) in [7, 11) is 0. The number of amides is 1. The van der Waals surface area contributed by atoms with E-state index < -0.39 is 0 Å². The molecule has 0 aliphatic rings. The molecule has 1 heterocycles. The van der Waals surface area contributed by atoms with E-state index in [-0.39, 0.29) is 16.1 Å². The molecule has 3 nitrogen and oxygen atoms in total. The van der Waals surface area contributed by atoms with Crippen molar-refractivity contribution in [1.82, 2.24) is 5.32 Å². The molecule has 1 N–H and O–H groups in total. The van der Waals surface area contributed by atoms with Crippen LogP contribution in [-0.2, 0) is 0 Å². The zero-order valence-electron chi connectivity index (χ0n) is 10.8. The van der Waals surface area contributed by atoms with Gasteiger partial charge in [0.15, 0.2) is 5.76 Å². The van der Waals surface area contributed by atoms with Crippen LogP contribution < -0.4 is 5.32 Å². The lowest BCUT2D eigenvalue weighted by molar-refractivity contribution is 0.0924. The van der Waals surface area contributed by atoms with Gasteiger partial charge in [-0.3, -0.25) is 4.79 Å². The predicted molar refractivity (Wildman–Crippen MR) is 72.6 cm³/mol. The second-order valence-electron chi connectivity index (χ2n) is 5.50. The summed E-state index contributed by atoms with van der Waals surface area (Å²) in [5.41, 5.74) is 1.11. The van der Waals surface area contributed by atoms with Crippen LogP contribution in [0.15, 0.2) is 16.7 Å². The SMILES string of the molecule is Cc1ccoc1C(=O)NCC(Br)CC(C)(C)C. The number of nitrogens with one attached hydrogen (secondary N) is 1. The molecule has 1 rings (SSSR count). The summed E-state index contributed by atoms with van der Waals surface area (Å²) in [6.07, 6.45) is 2.54. The minimum absolute atomic E-state index is 0.147. The molecule has 0 saturated carbocycles. The molecule has 0 aromatic carbocycles. The Kier molecular flexibility index (Phi) is 4.80. The molecule has 0 spiro atoms. The van der Waals surface area contributed by atoms with Crippen molar-refractivity contribution in [2.45, 2.75) is 38.9 Å². The maximum atomic E-state index is 11.8. The first-order valence-electron chi connectivity index (χ1n) is 5.76. The van der Waals surface area contributed by atoms with Gasteiger partial charge in [0.05, 0.1) is 6.26 Å². The Hall–Kier alpha value is -0.770. The van der Waals surface area contributed by atoms with Crippen molar-refractivity contribution in [3.05, 3.63) is 23.7 Å². The number of alkyl halides is 1. The third kappa shape index (κ3) is 4.94. The summed E-state index contributed by atoms with van der Waals surface area (Å²) in [5, 5.41) is 2.87. The number of halogens is 1. The summed E-state index contributed by atoms with van der Waals surface area (Å²) in [4.78, 5) is 12.1. The number of hydrogen-bond acceptors (Lipinski definition) is 2. The van der Waals surface area contributed by atoms with Crippen LogP contribution in [0.5, 0.6) is 0 Å².